The molecule has 0 aromatic carbocycles. The van der Waals surface area contributed by atoms with Crippen molar-refractivity contribution in [2.75, 3.05) is 6.67 Å². The third-order valence-corrected chi connectivity index (χ3v) is 1.66. The summed E-state index contributed by atoms with van der Waals surface area (Å²) in [6, 6.07) is -2.89. The lowest BCUT2D eigenvalue weighted by molar-refractivity contribution is -0.358. The van der Waals surface area contributed by atoms with Gasteiger partial charge in [0.1, 0.15) is 0 Å². The van der Waals surface area contributed by atoms with Gasteiger partial charge in [-0.15, -0.1) is 0 Å². The van der Waals surface area contributed by atoms with Crippen LogP contribution in [0.1, 0.15) is 6.42 Å². The molecule has 92 valence electrons. The van der Waals surface area contributed by atoms with E-state index in [4.69, 9.17) is 0 Å². The van der Waals surface area contributed by atoms with Gasteiger partial charge >= 0.3 is 18.0 Å². The molecule has 15 heavy (non-hydrogen) atoms. The Bertz CT molecular complexity index is 210. The fourth-order valence-corrected chi connectivity index (χ4v) is 0.721. The maximum absolute atomic E-state index is 12.5. The number of nitrogens with two attached hydrogens (primary N) is 1. The van der Waals surface area contributed by atoms with Gasteiger partial charge in [-0.3, -0.25) is 4.39 Å². The fraction of sp³-hybridized carbons (Fsp3) is 1.00. The second-order valence-corrected chi connectivity index (χ2v) is 2.78. The molecule has 0 aliphatic heterocycles. The molecule has 2 N–H and O–H groups in total. The molecule has 0 spiro atoms. The summed E-state index contributed by atoms with van der Waals surface area (Å²) in [6.07, 6.45) is -7.71. The van der Waals surface area contributed by atoms with Crippen molar-refractivity contribution in [1.29, 1.82) is 0 Å². The molecule has 0 rings (SSSR count). The Labute approximate surface area is 79.2 Å². The highest BCUT2D eigenvalue weighted by Gasteiger charge is 2.74. The van der Waals surface area contributed by atoms with Crippen molar-refractivity contribution in [3.05, 3.63) is 0 Å². The predicted octanol–water partition coefficient (Wildman–Crippen LogP) is 2.51. The van der Waals surface area contributed by atoms with Gasteiger partial charge in [0.05, 0.1) is 12.7 Å². The number of alkyl halides is 8. The summed E-state index contributed by atoms with van der Waals surface area (Å²) in [7, 11) is 0. The summed E-state index contributed by atoms with van der Waals surface area (Å²) in [6.45, 7) is -1.51. The second-order valence-electron chi connectivity index (χ2n) is 2.78. The molecule has 0 fully saturated rings. The van der Waals surface area contributed by atoms with Crippen molar-refractivity contribution in [3.63, 3.8) is 0 Å². The topological polar surface area (TPSA) is 26.0 Å². The first-order chi connectivity index (χ1) is 6.48. The largest absolute Gasteiger partial charge is 0.459 e. The molecule has 0 radical (unpaired) electrons. The molecule has 0 aliphatic carbocycles. The predicted molar refractivity (Wildman–Crippen MR) is 34.5 cm³/mol. The maximum Gasteiger partial charge on any atom is 0.459 e. The van der Waals surface area contributed by atoms with Gasteiger partial charge in [0.15, 0.2) is 0 Å². The summed E-state index contributed by atoms with van der Waals surface area (Å²) >= 11 is 0. The van der Waals surface area contributed by atoms with Crippen LogP contribution < -0.4 is 5.73 Å². The Morgan fingerprint density at radius 2 is 1.33 bits per heavy atom. The van der Waals surface area contributed by atoms with Gasteiger partial charge in [0.25, 0.3) is 0 Å². The van der Waals surface area contributed by atoms with Crippen LogP contribution in [0.3, 0.4) is 0 Å². The molecule has 0 unspecified atom stereocenters. The Balaban J connectivity index is 5.00. The molecule has 0 aromatic heterocycles. The zero-order chi connectivity index (χ0) is 12.5. The van der Waals surface area contributed by atoms with E-state index in [0.717, 1.165) is 0 Å². The molecule has 9 heteroatoms. The summed E-state index contributed by atoms with van der Waals surface area (Å²) < 4.78 is 95.6. The lowest BCUT2D eigenvalue weighted by Crippen LogP contribution is -2.60. The first kappa shape index (κ1) is 14.4. The Kier molecular flexibility index (Phi) is 3.94. The smallest absolute Gasteiger partial charge is 0.322 e. The van der Waals surface area contributed by atoms with Crippen molar-refractivity contribution < 1.29 is 35.1 Å². The average molecular weight is 245 g/mol. The van der Waals surface area contributed by atoms with Gasteiger partial charge in [-0.1, -0.05) is 0 Å². The lowest BCUT2D eigenvalue weighted by atomic mass is 10.0. The number of rotatable bonds is 4. The standard InChI is InChI=1S/C6H7F8N/c7-2-1-3(15)4(8,9)5(10,11)6(12,13)14/h3H,1-2,15H2/t3-/m0/s1. The molecule has 0 saturated carbocycles. The van der Waals surface area contributed by atoms with Gasteiger partial charge in [-0.2, -0.15) is 30.7 Å². The number of halogens is 8. The van der Waals surface area contributed by atoms with Gasteiger partial charge < -0.3 is 5.73 Å². The van der Waals surface area contributed by atoms with Crippen LogP contribution >= 0.6 is 0 Å². The van der Waals surface area contributed by atoms with Crippen LogP contribution in [-0.4, -0.2) is 30.7 Å². The van der Waals surface area contributed by atoms with E-state index in [0.29, 0.717) is 0 Å². The molecule has 0 heterocycles. The van der Waals surface area contributed by atoms with Gasteiger partial charge in [0.2, 0.25) is 0 Å². The highest BCUT2D eigenvalue weighted by molar-refractivity contribution is 4.97. The van der Waals surface area contributed by atoms with Gasteiger partial charge in [-0.25, -0.2) is 0 Å². The third-order valence-electron chi connectivity index (χ3n) is 1.66. The van der Waals surface area contributed by atoms with E-state index in [-0.39, 0.29) is 0 Å². The van der Waals surface area contributed by atoms with E-state index in [1.165, 1.54) is 0 Å². The minimum atomic E-state index is -6.43. The van der Waals surface area contributed by atoms with E-state index >= 15 is 0 Å². The zero-order valence-electron chi connectivity index (χ0n) is 7.09. The van der Waals surface area contributed by atoms with Crippen LogP contribution in [0.15, 0.2) is 0 Å². The van der Waals surface area contributed by atoms with Crippen molar-refractivity contribution in [2.24, 2.45) is 5.73 Å². The summed E-state index contributed by atoms with van der Waals surface area (Å²) in [5.74, 6) is -11.8. The lowest BCUT2D eigenvalue weighted by Gasteiger charge is -2.31. The van der Waals surface area contributed by atoms with Crippen LogP contribution in [0, 0.1) is 0 Å². The van der Waals surface area contributed by atoms with E-state index in [1.54, 1.807) is 0 Å². The van der Waals surface area contributed by atoms with Gasteiger partial charge in [0, 0.05) is 0 Å². The van der Waals surface area contributed by atoms with Gasteiger partial charge in [-0.05, 0) is 6.42 Å². The highest BCUT2D eigenvalue weighted by atomic mass is 19.4. The van der Waals surface area contributed by atoms with E-state index in [2.05, 4.69) is 5.73 Å². The molecule has 0 saturated heterocycles. The van der Waals surface area contributed by atoms with Crippen LogP contribution in [-0.2, 0) is 0 Å². The van der Waals surface area contributed by atoms with E-state index in [1.807, 2.05) is 0 Å². The van der Waals surface area contributed by atoms with Crippen LogP contribution in [0.2, 0.25) is 0 Å². The molecular weight excluding hydrogens is 238 g/mol. The molecular formula is C6H7F8N. The fourth-order valence-electron chi connectivity index (χ4n) is 0.721. The summed E-state index contributed by atoms with van der Waals surface area (Å²) in [5.41, 5.74) is 4.37. The van der Waals surface area contributed by atoms with Crippen molar-refractivity contribution in [2.45, 2.75) is 30.5 Å². The SMILES string of the molecule is N[C@@H](CCF)C(F)(F)C(F)(F)C(F)(F)F. The van der Waals surface area contributed by atoms with Crippen molar-refractivity contribution in [1.82, 2.24) is 0 Å². The maximum atomic E-state index is 12.5. The quantitative estimate of drug-likeness (QED) is 0.756. The number of hydrogen-bond acceptors (Lipinski definition) is 1. The second kappa shape index (κ2) is 4.11. The van der Waals surface area contributed by atoms with E-state index < -0.39 is 37.2 Å². The molecule has 1 atom stereocenters. The Hall–Kier alpha value is -0.600. The van der Waals surface area contributed by atoms with Crippen LogP contribution in [0.25, 0.3) is 0 Å². The van der Waals surface area contributed by atoms with Crippen molar-refractivity contribution in [3.8, 4) is 0 Å². The molecule has 0 aliphatic rings. The Morgan fingerprint density at radius 1 is 0.933 bits per heavy atom. The molecule has 0 aromatic rings. The van der Waals surface area contributed by atoms with Crippen LogP contribution in [0.5, 0.6) is 0 Å². The zero-order valence-corrected chi connectivity index (χ0v) is 7.09. The summed E-state index contributed by atoms with van der Waals surface area (Å²) in [5, 5.41) is 0. The Morgan fingerprint density at radius 3 is 1.60 bits per heavy atom. The van der Waals surface area contributed by atoms with E-state index in [9.17, 15) is 35.1 Å². The van der Waals surface area contributed by atoms with Crippen molar-refractivity contribution >= 4 is 0 Å². The van der Waals surface area contributed by atoms with Crippen LogP contribution in [0.4, 0.5) is 35.1 Å². The first-order valence-electron chi connectivity index (χ1n) is 3.62. The molecule has 1 nitrogen and oxygen atoms in total. The monoisotopic (exact) mass is 245 g/mol. The molecule has 0 bridgehead atoms. The molecule has 0 amide bonds. The minimum Gasteiger partial charge on any atom is -0.322 e. The minimum absolute atomic E-state index is 1.28. The third kappa shape index (κ3) is 2.50. The number of hydrogen-bond donors (Lipinski definition) is 1. The normalized spacial score (nSPS) is 16.6. The average Bonchev–Trinajstić information content (AvgIpc) is 2.02. The summed E-state index contributed by atoms with van der Waals surface area (Å²) in [4.78, 5) is 0. The highest BCUT2D eigenvalue weighted by Crippen LogP contribution is 2.47. The first-order valence-corrected chi connectivity index (χ1v) is 3.62.